The Morgan fingerprint density at radius 3 is 2.66 bits per heavy atom. The molecule has 0 N–H and O–H groups in total. The Morgan fingerprint density at radius 2 is 1.86 bits per heavy atom. The van der Waals surface area contributed by atoms with E-state index in [0.717, 1.165) is 54.2 Å². The van der Waals surface area contributed by atoms with Crippen LogP contribution >= 0.6 is 11.3 Å². The highest BCUT2D eigenvalue weighted by atomic mass is 32.1. The molecular formula is C21H22N6OS. The summed E-state index contributed by atoms with van der Waals surface area (Å²) in [5, 5.41) is 7.37. The van der Waals surface area contributed by atoms with Gasteiger partial charge in [-0.1, -0.05) is 36.3 Å². The molecule has 5 rings (SSSR count). The van der Waals surface area contributed by atoms with Crippen molar-refractivity contribution in [1.29, 1.82) is 0 Å². The van der Waals surface area contributed by atoms with Gasteiger partial charge in [-0.2, -0.15) is 4.98 Å². The Bertz CT molecular complexity index is 1100. The van der Waals surface area contributed by atoms with E-state index in [2.05, 4.69) is 72.5 Å². The van der Waals surface area contributed by atoms with Crippen LogP contribution in [-0.4, -0.2) is 51.2 Å². The molecule has 0 radical (unpaired) electrons. The van der Waals surface area contributed by atoms with Gasteiger partial charge >= 0.3 is 0 Å². The SMILES string of the molecule is CCc1ccc(-c2noc(CN3CCN(c4ncnc5sccc45)CC3)n2)cc1. The quantitative estimate of drug-likeness (QED) is 0.501. The predicted molar refractivity (Wildman–Crippen MR) is 114 cm³/mol. The summed E-state index contributed by atoms with van der Waals surface area (Å²) >= 11 is 1.65. The first-order chi connectivity index (χ1) is 14.3. The van der Waals surface area contributed by atoms with Crippen molar-refractivity contribution in [3.05, 3.63) is 53.5 Å². The molecule has 0 atom stereocenters. The normalized spacial score (nSPS) is 15.3. The molecule has 7 nitrogen and oxygen atoms in total. The lowest BCUT2D eigenvalue weighted by atomic mass is 10.1. The maximum Gasteiger partial charge on any atom is 0.241 e. The van der Waals surface area contributed by atoms with Gasteiger partial charge < -0.3 is 9.42 Å². The van der Waals surface area contributed by atoms with Crippen LogP contribution in [0.25, 0.3) is 21.6 Å². The minimum absolute atomic E-state index is 0.655. The van der Waals surface area contributed by atoms with Crippen LogP contribution in [0.3, 0.4) is 0 Å². The fourth-order valence-electron chi connectivity index (χ4n) is 3.66. The van der Waals surface area contributed by atoms with Gasteiger partial charge in [0.15, 0.2) is 0 Å². The number of rotatable bonds is 5. The number of hydrogen-bond acceptors (Lipinski definition) is 8. The number of aromatic nitrogens is 4. The summed E-state index contributed by atoms with van der Waals surface area (Å²) < 4.78 is 5.50. The van der Waals surface area contributed by atoms with E-state index in [9.17, 15) is 0 Å². The van der Waals surface area contributed by atoms with E-state index in [1.165, 1.54) is 5.56 Å². The van der Waals surface area contributed by atoms with Crippen LogP contribution in [0, 0.1) is 0 Å². The lowest BCUT2D eigenvalue weighted by molar-refractivity contribution is 0.215. The first-order valence-corrected chi connectivity index (χ1v) is 10.8. The highest BCUT2D eigenvalue weighted by Gasteiger charge is 2.22. The highest BCUT2D eigenvalue weighted by Crippen LogP contribution is 2.27. The molecule has 1 fully saturated rings. The molecule has 148 valence electrons. The first kappa shape index (κ1) is 18.2. The molecule has 8 heteroatoms. The average Bonchev–Trinajstić information content (AvgIpc) is 3.44. The smallest absolute Gasteiger partial charge is 0.241 e. The molecule has 3 aromatic heterocycles. The maximum atomic E-state index is 5.50. The van der Waals surface area contributed by atoms with Crippen molar-refractivity contribution < 1.29 is 4.52 Å². The molecule has 4 aromatic rings. The second kappa shape index (κ2) is 7.88. The molecule has 0 bridgehead atoms. The number of anilines is 1. The minimum atomic E-state index is 0.655. The molecule has 1 aromatic carbocycles. The summed E-state index contributed by atoms with van der Waals surface area (Å²) in [6.45, 7) is 6.51. The van der Waals surface area contributed by atoms with Crippen LogP contribution in [0.2, 0.25) is 0 Å². The fraction of sp³-hybridized carbons (Fsp3) is 0.333. The van der Waals surface area contributed by atoms with Gasteiger partial charge in [-0.15, -0.1) is 11.3 Å². The fourth-order valence-corrected chi connectivity index (χ4v) is 4.39. The maximum absolute atomic E-state index is 5.50. The summed E-state index contributed by atoms with van der Waals surface area (Å²) in [4.78, 5) is 19.2. The average molecular weight is 407 g/mol. The molecule has 1 aliphatic heterocycles. The van der Waals surface area contributed by atoms with Crippen LogP contribution in [-0.2, 0) is 13.0 Å². The van der Waals surface area contributed by atoms with Gasteiger partial charge in [0.25, 0.3) is 0 Å². The Hall–Kier alpha value is -2.84. The molecule has 29 heavy (non-hydrogen) atoms. The van der Waals surface area contributed by atoms with Crippen molar-refractivity contribution in [1.82, 2.24) is 25.0 Å². The van der Waals surface area contributed by atoms with Crippen molar-refractivity contribution in [3.63, 3.8) is 0 Å². The monoisotopic (exact) mass is 406 g/mol. The van der Waals surface area contributed by atoms with Gasteiger partial charge in [0.05, 0.1) is 11.9 Å². The van der Waals surface area contributed by atoms with Gasteiger partial charge in [0.1, 0.15) is 17.0 Å². The predicted octanol–water partition coefficient (Wildman–Crippen LogP) is 3.63. The van der Waals surface area contributed by atoms with Crippen LogP contribution in [0.4, 0.5) is 5.82 Å². The van der Waals surface area contributed by atoms with Crippen molar-refractivity contribution in [3.8, 4) is 11.4 Å². The summed E-state index contributed by atoms with van der Waals surface area (Å²) in [5.41, 5.74) is 2.30. The third kappa shape index (κ3) is 3.73. The summed E-state index contributed by atoms with van der Waals surface area (Å²) in [6, 6.07) is 10.4. The van der Waals surface area contributed by atoms with E-state index in [4.69, 9.17) is 4.52 Å². The van der Waals surface area contributed by atoms with Crippen LogP contribution < -0.4 is 4.90 Å². The number of hydrogen-bond donors (Lipinski definition) is 0. The second-order valence-electron chi connectivity index (χ2n) is 7.16. The number of nitrogens with zero attached hydrogens (tertiary/aromatic N) is 6. The topological polar surface area (TPSA) is 71.2 Å². The van der Waals surface area contributed by atoms with Gasteiger partial charge in [-0.05, 0) is 23.4 Å². The summed E-state index contributed by atoms with van der Waals surface area (Å²) in [7, 11) is 0. The highest BCUT2D eigenvalue weighted by molar-refractivity contribution is 7.16. The van der Waals surface area contributed by atoms with Gasteiger partial charge in [-0.25, -0.2) is 9.97 Å². The first-order valence-electron chi connectivity index (χ1n) is 9.87. The molecule has 4 heterocycles. The molecule has 1 aliphatic rings. The zero-order valence-corrected chi connectivity index (χ0v) is 17.1. The van der Waals surface area contributed by atoms with Crippen molar-refractivity contribution in [2.24, 2.45) is 0 Å². The van der Waals surface area contributed by atoms with E-state index in [1.807, 2.05) is 0 Å². The zero-order chi connectivity index (χ0) is 19.6. The van der Waals surface area contributed by atoms with Gasteiger partial charge in [0, 0.05) is 31.7 Å². The Morgan fingerprint density at radius 1 is 1.03 bits per heavy atom. The summed E-state index contributed by atoms with van der Waals surface area (Å²) in [6.07, 6.45) is 2.68. The lowest BCUT2D eigenvalue weighted by Crippen LogP contribution is -2.46. The molecule has 0 aliphatic carbocycles. The van der Waals surface area contributed by atoms with E-state index in [1.54, 1.807) is 17.7 Å². The standard InChI is InChI=1S/C21H22N6OS/c1-2-15-3-5-16(6-4-15)19-24-18(28-25-19)13-26-8-10-27(11-9-26)20-17-7-12-29-21(17)23-14-22-20/h3-7,12,14H,2,8-11,13H2,1H3. The Kier molecular flexibility index (Phi) is 4.95. The molecule has 0 unspecified atom stereocenters. The Balaban J connectivity index is 1.22. The van der Waals surface area contributed by atoms with Crippen molar-refractivity contribution in [2.45, 2.75) is 19.9 Å². The third-order valence-corrected chi connectivity index (χ3v) is 6.18. The number of piperazine rings is 1. The molecule has 0 amide bonds. The minimum Gasteiger partial charge on any atom is -0.353 e. The lowest BCUT2D eigenvalue weighted by Gasteiger charge is -2.34. The van der Waals surface area contributed by atoms with Crippen molar-refractivity contribution in [2.75, 3.05) is 31.1 Å². The van der Waals surface area contributed by atoms with Gasteiger partial charge in [0.2, 0.25) is 11.7 Å². The van der Waals surface area contributed by atoms with E-state index < -0.39 is 0 Å². The second-order valence-corrected chi connectivity index (χ2v) is 8.06. The number of benzene rings is 1. The van der Waals surface area contributed by atoms with Crippen molar-refractivity contribution >= 4 is 27.4 Å². The Labute approximate surface area is 173 Å². The number of fused-ring (bicyclic) bond motifs is 1. The molecule has 0 saturated carbocycles. The van der Waals surface area contributed by atoms with E-state index in [-0.39, 0.29) is 0 Å². The van der Waals surface area contributed by atoms with E-state index >= 15 is 0 Å². The van der Waals surface area contributed by atoms with E-state index in [0.29, 0.717) is 18.3 Å². The zero-order valence-electron chi connectivity index (χ0n) is 16.3. The van der Waals surface area contributed by atoms with Gasteiger partial charge in [-0.3, -0.25) is 4.90 Å². The van der Waals surface area contributed by atoms with Crippen LogP contribution in [0.1, 0.15) is 18.4 Å². The molecular weight excluding hydrogens is 384 g/mol. The van der Waals surface area contributed by atoms with Crippen LogP contribution in [0.15, 0.2) is 46.6 Å². The molecule has 1 saturated heterocycles. The van der Waals surface area contributed by atoms with Crippen LogP contribution in [0.5, 0.6) is 0 Å². The third-order valence-electron chi connectivity index (χ3n) is 5.36. The molecule has 0 spiro atoms. The number of aryl methyl sites for hydroxylation is 1. The summed E-state index contributed by atoms with van der Waals surface area (Å²) in [5.74, 6) is 2.35. The number of thiophene rings is 1. The largest absolute Gasteiger partial charge is 0.353 e.